The minimum atomic E-state index is -0.609. The molecule has 0 saturated carbocycles. The van der Waals surface area contributed by atoms with Crippen LogP contribution in [-0.4, -0.2) is 17.6 Å². The van der Waals surface area contributed by atoms with Gasteiger partial charge in [-0.05, 0) is 31.5 Å². The Labute approximate surface area is 123 Å². The van der Waals surface area contributed by atoms with E-state index >= 15 is 0 Å². The van der Waals surface area contributed by atoms with Crippen LogP contribution in [0.1, 0.15) is 18.5 Å². The summed E-state index contributed by atoms with van der Waals surface area (Å²) < 4.78 is 6.61. The summed E-state index contributed by atoms with van der Waals surface area (Å²) in [5.74, 6) is 0.307. The highest BCUT2D eigenvalue weighted by molar-refractivity contribution is 5.94. The molecule has 21 heavy (non-hydrogen) atoms. The van der Waals surface area contributed by atoms with Gasteiger partial charge in [0.15, 0.2) is 0 Å². The van der Waals surface area contributed by atoms with Crippen molar-refractivity contribution in [3.63, 3.8) is 0 Å². The molecule has 0 saturated heterocycles. The molecule has 0 spiro atoms. The molecule has 5 nitrogen and oxygen atoms in total. The molecule has 1 aromatic heterocycles. The number of hydrogen-bond donors (Lipinski definition) is 1. The first-order valence-corrected chi connectivity index (χ1v) is 6.65. The summed E-state index contributed by atoms with van der Waals surface area (Å²) in [6.45, 7) is 3.56. The number of rotatable bonds is 4. The Balaban J connectivity index is 2.24. The second-order valence-electron chi connectivity index (χ2n) is 4.82. The smallest absolute Gasteiger partial charge is 0.251 e. The van der Waals surface area contributed by atoms with Crippen molar-refractivity contribution in [3.8, 4) is 5.75 Å². The van der Waals surface area contributed by atoms with Crippen LogP contribution in [-0.2, 0) is 4.79 Å². The van der Waals surface area contributed by atoms with Crippen molar-refractivity contribution in [2.24, 2.45) is 0 Å². The van der Waals surface area contributed by atoms with E-state index in [2.05, 4.69) is 5.32 Å². The summed E-state index contributed by atoms with van der Waals surface area (Å²) in [6.07, 6.45) is 1.68. The molecule has 0 fully saturated rings. The Kier molecular flexibility index (Phi) is 4.42. The van der Waals surface area contributed by atoms with E-state index in [1.165, 1.54) is 10.6 Å². The number of aryl methyl sites for hydroxylation is 1. The van der Waals surface area contributed by atoms with Crippen molar-refractivity contribution in [3.05, 3.63) is 58.5 Å². The van der Waals surface area contributed by atoms with E-state index in [-0.39, 0.29) is 11.5 Å². The highest BCUT2D eigenvalue weighted by Crippen LogP contribution is 2.23. The summed E-state index contributed by atoms with van der Waals surface area (Å²) in [7, 11) is 1.54. The highest BCUT2D eigenvalue weighted by Gasteiger charge is 2.17. The summed E-state index contributed by atoms with van der Waals surface area (Å²) >= 11 is 0. The van der Waals surface area contributed by atoms with Gasteiger partial charge in [-0.1, -0.05) is 18.2 Å². The molecule has 5 heteroatoms. The molecule has 0 aliphatic carbocycles. The van der Waals surface area contributed by atoms with Gasteiger partial charge in [0, 0.05) is 12.3 Å². The minimum absolute atomic E-state index is 0.205. The van der Waals surface area contributed by atoms with Crippen LogP contribution in [0.5, 0.6) is 5.75 Å². The molecule has 1 atom stereocenters. The molecule has 2 rings (SSSR count). The van der Waals surface area contributed by atoms with E-state index in [1.807, 2.05) is 19.1 Å². The largest absolute Gasteiger partial charge is 0.495 e. The first kappa shape index (κ1) is 14.8. The number of carbonyl (C=O) groups excluding carboxylic acids is 1. The lowest BCUT2D eigenvalue weighted by atomic mass is 10.2. The highest BCUT2D eigenvalue weighted by atomic mass is 16.5. The molecular formula is C16H18N2O3. The molecule has 1 unspecified atom stereocenters. The second kappa shape index (κ2) is 6.26. The number of para-hydroxylation sites is 2. The van der Waals surface area contributed by atoms with Crippen molar-refractivity contribution in [1.29, 1.82) is 0 Å². The Morgan fingerprint density at radius 1 is 1.24 bits per heavy atom. The number of nitrogens with zero attached hydrogens (tertiary/aromatic N) is 1. The number of benzene rings is 1. The van der Waals surface area contributed by atoms with Gasteiger partial charge < -0.3 is 14.6 Å². The lowest BCUT2D eigenvalue weighted by molar-refractivity contribution is -0.118. The molecule has 1 N–H and O–H groups in total. The van der Waals surface area contributed by atoms with Crippen molar-refractivity contribution in [2.45, 2.75) is 19.9 Å². The number of anilines is 1. The number of nitrogens with one attached hydrogen (secondary N) is 1. The number of ether oxygens (including phenoxy) is 1. The molecule has 1 heterocycles. The molecule has 0 aliphatic rings. The van der Waals surface area contributed by atoms with E-state index in [0.717, 1.165) is 5.56 Å². The van der Waals surface area contributed by atoms with E-state index in [4.69, 9.17) is 4.74 Å². The standard InChI is InChI=1S/C16H18N2O3/c1-11-8-9-15(19)18(10-11)12(2)16(20)17-13-6-4-5-7-14(13)21-3/h4-10,12H,1-3H3,(H,17,20). The van der Waals surface area contributed by atoms with E-state index in [9.17, 15) is 9.59 Å². The predicted octanol–water partition coefficient (Wildman–Crippen LogP) is 2.37. The van der Waals surface area contributed by atoms with Crippen molar-refractivity contribution in [2.75, 3.05) is 12.4 Å². The van der Waals surface area contributed by atoms with Gasteiger partial charge in [-0.15, -0.1) is 0 Å². The number of amides is 1. The zero-order valence-electron chi connectivity index (χ0n) is 12.3. The summed E-state index contributed by atoms with van der Waals surface area (Å²) in [4.78, 5) is 24.2. The van der Waals surface area contributed by atoms with Gasteiger partial charge >= 0.3 is 0 Å². The topological polar surface area (TPSA) is 60.3 Å². The van der Waals surface area contributed by atoms with Gasteiger partial charge in [-0.3, -0.25) is 9.59 Å². The third kappa shape index (κ3) is 3.31. The lowest BCUT2D eigenvalue weighted by Crippen LogP contribution is -2.31. The molecule has 110 valence electrons. The third-order valence-electron chi connectivity index (χ3n) is 3.25. The van der Waals surface area contributed by atoms with Gasteiger partial charge in [-0.2, -0.15) is 0 Å². The maximum Gasteiger partial charge on any atom is 0.251 e. The lowest BCUT2D eigenvalue weighted by Gasteiger charge is -2.16. The Hall–Kier alpha value is -2.56. The second-order valence-corrected chi connectivity index (χ2v) is 4.82. The van der Waals surface area contributed by atoms with Gasteiger partial charge in [-0.25, -0.2) is 0 Å². The van der Waals surface area contributed by atoms with Crippen LogP contribution < -0.4 is 15.6 Å². The predicted molar refractivity (Wildman–Crippen MR) is 81.8 cm³/mol. The van der Waals surface area contributed by atoms with E-state index in [1.54, 1.807) is 38.4 Å². The van der Waals surface area contributed by atoms with Crippen molar-refractivity contribution < 1.29 is 9.53 Å². The fraction of sp³-hybridized carbons (Fsp3) is 0.250. The fourth-order valence-corrected chi connectivity index (χ4v) is 2.03. The first-order valence-electron chi connectivity index (χ1n) is 6.65. The van der Waals surface area contributed by atoms with Gasteiger partial charge in [0.25, 0.3) is 5.56 Å². The Morgan fingerprint density at radius 2 is 1.95 bits per heavy atom. The van der Waals surface area contributed by atoms with Crippen molar-refractivity contribution in [1.82, 2.24) is 4.57 Å². The quantitative estimate of drug-likeness (QED) is 0.938. The Bertz CT molecular complexity index is 707. The number of methoxy groups -OCH3 is 1. The van der Waals surface area contributed by atoms with E-state index in [0.29, 0.717) is 11.4 Å². The Morgan fingerprint density at radius 3 is 2.67 bits per heavy atom. The average Bonchev–Trinajstić information content (AvgIpc) is 2.49. The number of carbonyl (C=O) groups is 1. The van der Waals surface area contributed by atoms with Gasteiger partial charge in [0.1, 0.15) is 11.8 Å². The molecule has 0 bridgehead atoms. The van der Waals surface area contributed by atoms with Crippen LogP contribution in [0.3, 0.4) is 0 Å². The van der Waals surface area contributed by atoms with Crippen LogP contribution in [0.15, 0.2) is 47.4 Å². The summed E-state index contributed by atoms with van der Waals surface area (Å²) in [5, 5.41) is 2.78. The van der Waals surface area contributed by atoms with Crippen LogP contribution >= 0.6 is 0 Å². The monoisotopic (exact) mass is 286 g/mol. The fourth-order valence-electron chi connectivity index (χ4n) is 2.03. The third-order valence-corrected chi connectivity index (χ3v) is 3.25. The van der Waals surface area contributed by atoms with Crippen LogP contribution in [0.2, 0.25) is 0 Å². The number of pyridine rings is 1. The minimum Gasteiger partial charge on any atom is -0.495 e. The molecule has 2 aromatic rings. The SMILES string of the molecule is COc1ccccc1NC(=O)C(C)n1cc(C)ccc1=O. The number of aromatic nitrogens is 1. The maximum atomic E-state index is 12.3. The molecular weight excluding hydrogens is 268 g/mol. The van der Waals surface area contributed by atoms with Gasteiger partial charge in [0.2, 0.25) is 5.91 Å². The normalized spacial score (nSPS) is 11.8. The molecule has 1 aromatic carbocycles. The zero-order chi connectivity index (χ0) is 15.4. The zero-order valence-corrected chi connectivity index (χ0v) is 12.3. The number of hydrogen-bond acceptors (Lipinski definition) is 3. The van der Waals surface area contributed by atoms with Crippen LogP contribution in [0.25, 0.3) is 0 Å². The van der Waals surface area contributed by atoms with Crippen molar-refractivity contribution >= 4 is 11.6 Å². The molecule has 0 aliphatic heterocycles. The first-order chi connectivity index (χ1) is 10.0. The molecule has 0 radical (unpaired) electrons. The summed E-state index contributed by atoms with van der Waals surface area (Å²) in [6, 6.07) is 9.72. The van der Waals surface area contributed by atoms with Crippen LogP contribution in [0.4, 0.5) is 5.69 Å². The summed E-state index contributed by atoms with van der Waals surface area (Å²) in [5.41, 5.74) is 1.30. The van der Waals surface area contributed by atoms with Gasteiger partial charge in [0.05, 0.1) is 12.8 Å². The average molecular weight is 286 g/mol. The van der Waals surface area contributed by atoms with Crippen LogP contribution in [0, 0.1) is 6.92 Å². The molecule has 1 amide bonds. The van der Waals surface area contributed by atoms with E-state index < -0.39 is 6.04 Å². The maximum absolute atomic E-state index is 12.3.